The third kappa shape index (κ3) is 3.52. The highest BCUT2D eigenvalue weighted by molar-refractivity contribution is 5.94. The summed E-state index contributed by atoms with van der Waals surface area (Å²) >= 11 is 0. The number of rotatable bonds is 5. The molecule has 1 atom stereocenters. The van der Waals surface area contributed by atoms with E-state index in [0.717, 1.165) is 50.0 Å². The zero-order valence-electron chi connectivity index (χ0n) is 15.1. The Labute approximate surface area is 153 Å². The number of likely N-dealkylation sites (N-methyl/N-ethyl adjacent to an activating group) is 1. The van der Waals surface area contributed by atoms with Crippen molar-refractivity contribution in [2.75, 3.05) is 13.6 Å². The maximum atomic E-state index is 12.9. The van der Waals surface area contributed by atoms with E-state index in [0.29, 0.717) is 11.6 Å². The van der Waals surface area contributed by atoms with Crippen LogP contribution in [0.25, 0.3) is 0 Å². The van der Waals surface area contributed by atoms with E-state index in [4.69, 9.17) is 0 Å². The van der Waals surface area contributed by atoms with Gasteiger partial charge in [0.1, 0.15) is 0 Å². The summed E-state index contributed by atoms with van der Waals surface area (Å²) in [5, 5.41) is 20.2. The van der Waals surface area contributed by atoms with Gasteiger partial charge in [-0.2, -0.15) is 5.10 Å². The fourth-order valence-corrected chi connectivity index (χ4v) is 4.02. The number of nitrogens with zero attached hydrogens (tertiary/aromatic N) is 2. The lowest BCUT2D eigenvalue weighted by molar-refractivity contribution is 0.0238. The van der Waals surface area contributed by atoms with Gasteiger partial charge >= 0.3 is 0 Å². The highest BCUT2D eigenvalue weighted by Gasteiger charge is 2.35. The maximum absolute atomic E-state index is 12.9. The van der Waals surface area contributed by atoms with Crippen LogP contribution >= 0.6 is 0 Å². The van der Waals surface area contributed by atoms with E-state index in [1.54, 1.807) is 0 Å². The van der Waals surface area contributed by atoms with Crippen LogP contribution in [0.1, 0.15) is 40.2 Å². The summed E-state index contributed by atoms with van der Waals surface area (Å²) in [7, 11) is 2.06. The monoisotopic (exact) mass is 354 g/mol. The van der Waals surface area contributed by atoms with Crippen molar-refractivity contribution in [3.63, 3.8) is 0 Å². The van der Waals surface area contributed by atoms with E-state index < -0.39 is 0 Å². The molecule has 2 aliphatic rings. The number of carbonyl (C=O) groups excluding carboxylic acids is 1. The highest BCUT2D eigenvalue weighted by Crippen LogP contribution is 2.32. The van der Waals surface area contributed by atoms with Gasteiger partial charge < -0.3 is 15.3 Å². The number of hydrogen-bond donors (Lipinski definition) is 3. The van der Waals surface area contributed by atoms with Gasteiger partial charge in [-0.15, -0.1) is 0 Å². The van der Waals surface area contributed by atoms with Gasteiger partial charge in [-0.25, -0.2) is 0 Å². The second kappa shape index (κ2) is 7.21. The molecule has 6 nitrogen and oxygen atoms in total. The van der Waals surface area contributed by atoms with E-state index in [1.165, 1.54) is 5.56 Å². The van der Waals surface area contributed by atoms with E-state index in [1.807, 2.05) is 18.2 Å². The van der Waals surface area contributed by atoms with Crippen LogP contribution in [0.2, 0.25) is 0 Å². The predicted molar refractivity (Wildman–Crippen MR) is 98.8 cm³/mol. The minimum absolute atomic E-state index is 0.0157. The molecule has 138 valence electrons. The van der Waals surface area contributed by atoms with Gasteiger partial charge in [0, 0.05) is 36.8 Å². The minimum atomic E-state index is -0.234. The zero-order valence-corrected chi connectivity index (χ0v) is 15.1. The summed E-state index contributed by atoms with van der Waals surface area (Å²) in [5.74, 6) is 0.201. The van der Waals surface area contributed by atoms with Crippen LogP contribution in [0.3, 0.4) is 0 Å². The second-order valence-corrected chi connectivity index (χ2v) is 7.67. The molecular formula is C20H26N4O2. The molecule has 0 radical (unpaired) electrons. The number of H-pyrrole nitrogens is 1. The predicted octanol–water partition coefficient (Wildman–Crippen LogP) is 1.51. The lowest BCUT2D eigenvalue weighted by atomic mass is 9.75. The first-order valence-electron chi connectivity index (χ1n) is 9.37. The SMILES string of the molecule is CN1CCc2[nH]nc(C(=O)NC(Cc3ccccc3)C3CC(O)C3)c2C1. The quantitative estimate of drug-likeness (QED) is 0.760. The third-order valence-corrected chi connectivity index (χ3v) is 5.67. The fraction of sp³-hybridized carbons (Fsp3) is 0.500. The summed E-state index contributed by atoms with van der Waals surface area (Å²) in [5.41, 5.74) is 3.81. The molecule has 1 aliphatic carbocycles. The van der Waals surface area contributed by atoms with Gasteiger partial charge in [0.15, 0.2) is 5.69 Å². The Kier molecular flexibility index (Phi) is 4.78. The van der Waals surface area contributed by atoms with Crippen LogP contribution in [-0.2, 0) is 19.4 Å². The van der Waals surface area contributed by atoms with Gasteiger partial charge in [0.05, 0.1) is 6.10 Å². The topological polar surface area (TPSA) is 81.2 Å². The summed E-state index contributed by atoms with van der Waals surface area (Å²) in [6.07, 6.45) is 2.94. The van der Waals surface area contributed by atoms with E-state index in [9.17, 15) is 9.90 Å². The third-order valence-electron chi connectivity index (χ3n) is 5.67. The molecule has 0 bridgehead atoms. The number of hydrogen-bond acceptors (Lipinski definition) is 4. The lowest BCUT2D eigenvalue weighted by Crippen LogP contribution is -2.48. The average molecular weight is 354 g/mol. The Balaban J connectivity index is 1.50. The molecular weight excluding hydrogens is 328 g/mol. The number of aliphatic hydroxyl groups is 1. The van der Waals surface area contributed by atoms with Crippen molar-refractivity contribution in [1.82, 2.24) is 20.4 Å². The second-order valence-electron chi connectivity index (χ2n) is 7.67. The number of benzene rings is 1. The van der Waals surface area contributed by atoms with Crippen molar-refractivity contribution < 1.29 is 9.90 Å². The standard InChI is InChI=1S/C20H26N4O2/c1-24-8-7-17-16(12-24)19(23-22-17)20(26)21-18(14-10-15(25)11-14)9-13-5-3-2-4-6-13/h2-6,14-15,18,25H,7-12H2,1H3,(H,21,26)(H,22,23). The van der Waals surface area contributed by atoms with Crippen LogP contribution in [0, 0.1) is 5.92 Å². The molecule has 1 saturated carbocycles. The van der Waals surface area contributed by atoms with Crippen LogP contribution in [0.5, 0.6) is 0 Å². The molecule has 6 heteroatoms. The molecule has 1 aromatic heterocycles. The smallest absolute Gasteiger partial charge is 0.272 e. The summed E-state index contributed by atoms with van der Waals surface area (Å²) in [6, 6.07) is 10.2. The number of aliphatic hydroxyl groups excluding tert-OH is 1. The van der Waals surface area contributed by atoms with Crippen molar-refractivity contribution in [3.05, 3.63) is 52.8 Å². The van der Waals surface area contributed by atoms with Crippen molar-refractivity contribution in [3.8, 4) is 0 Å². The van der Waals surface area contributed by atoms with Gasteiger partial charge in [-0.1, -0.05) is 30.3 Å². The number of nitrogens with one attached hydrogen (secondary N) is 2. The number of carbonyl (C=O) groups is 1. The van der Waals surface area contributed by atoms with Crippen LogP contribution in [-0.4, -0.2) is 51.8 Å². The molecule has 3 N–H and O–H groups in total. The van der Waals surface area contributed by atoms with Crippen LogP contribution in [0.15, 0.2) is 30.3 Å². The first-order chi connectivity index (χ1) is 12.6. The normalized spacial score (nSPS) is 23.8. The molecule has 2 heterocycles. The molecule has 26 heavy (non-hydrogen) atoms. The van der Waals surface area contributed by atoms with Gasteiger partial charge in [-0.3, -0.25) is 9.89 Å². The lowest BCUT2D eigenvalue weighted by Gasteiger charge is -2.38. The number of aromatic nitrogens is 2. The molecule has 2 aromatic rings. The Bertz CT molecular complexity index is 767. The van der Waals surface area contributed by atoms with Crippen molar-refractivity contribution in [2.45, 2.75) is 44.4 Å². The summed E-state index contributed by atoms with van der Waals surface area (Å²) < 4.78 is 0. The van der Waals surface area contributed by atoms with Crippen molar-refractivity contribution >= 4 is 5.91 Å². The molecule has 0 spiro atoms. The summed E-state index contributed by atoms with van der Waals surface area (Å²) in [6.45, 7) is 1.73. The fourth-order valence-electron chi connectivity index (χ4n) is 4.02. The zero-order chi connectivity index (χ0) is 18.1. The van der Waals surface area contributed by atoms with Crippen molar-refractivity contribution in [1.29, 1.82) is 0 Å². The molecule has 4 rings (SSSR count). The molecule has 1 fully saturated rings. The number of amides is 1. The van der Waals surface area contributed by atoms with Gasteiger partial charge in [0.2, 0.25) is 0 Å². The Morgan fingerprint density at radius 2 is 2.15 bits per heavy atom. The molecule has 1 aromatic carbocycles. The Morgan fingerprint density at radius 1 is 1.38 bits per heavy atom. The first-order valence-corrected chi connectivity index (χ1v) is 9.37. The number of aromatic amines is 1. The molecule has 0 saturated heterocycles. The van der Waals surface area contributed by atoms with Crippen molar-refractivity contribution in [2.24, 2.45) is 5.92 Å². The van der Waals surface area contributed by atoms with Gasteiger partial charge in [-0.05, 0) is 37.8 Å². The van der Waals surface area contributed by atoms with Gasteiger partial charge in [0.25, 0.3) is 5.91 Å². The first kappa shape index (κ1) is 17.2. The Hall–Kier alpha value is -2.18. The average Bonchev–Trinajstić information content (AvgIpc) is 3.02. The van der Waals surface area contributed by atoms with Crippen LogP contribution < -0.4 is 5.32 Å². The minimum Gasteiger partial charge on any atom is -0.393 e. The molecule has 1 amide bonds. The number of fused-ring (bicyclic) bond motifs is 1. The maximum Gasteiger partial charge on any atom is 0.272 e. The summed E-state index contributed by atoms with van der Waals surface area (Å²) in [4.78, 5) is 15.1. The van der Waals surface area contributed by atoms with E-state index in [-0.39, 0.29) is 18.1 Å². The van der Waals surface area contributed by atoms with E-state index >= 15 is 0 Å². The molecule has 1 aliphatic heterocycles. The van der Waals surface area contributed by atoms with Crippen LogP contribution in [0.4, 0.5) is 0 Å². The molecule has 1 unspecified atom stereocenters. The highest BCUT2D eigenvalue weighted by atomic mass is 16.3. The largest absolute Gasteiger partial charge is 0.393 e. The Morgan fingerprint density at radius 3 is 2.88 bits per heavy atom. The van der Waals surface area contributed by atoms with E-state index in [2.05, 4.69) is 39.6 Å².